The van der Waals surface area contributed by atoms with E-state index in [0.29, 0.717) is 5.69 Å². The Morgan fingerprint density at radius 3 is 2.68 bits per heavy atom. The van der Waals surface area contributed by atoms with Crippen molar-refractivity contribution in [2.75, 3.05) is 38.9 Å². The van der Waals surface area contributed by atoms with E-state index in [1.165, 1.54) is 24.1 Å². The molecule has 1 aliphatic rings. The summed E-state index contributed by atoms with van der Waals surface area (Å²) >= 11 is 0. The molecule has 0 spiro atoms. The molecular weight excluding hydrogens is 253 g/mol. The van der Waals surface area contributed by atoms with Gasteiger partial charge in [0.25, 0.3) is 0 Å². The molecule has 5 nitrogen and oxygen atoms in total. The van der Waals surface area contributed by atoms with Crippen molar-refractivity contribution in [1.29, 1.82) is 0 Å². The van der Waals surface area contributed by atoms with Crippen LogP contribution in [0.25, 0.3) is 0 Å². The number of hydrogen-bond donors (Lipinski definition) is 1. The van der Waals surface area contributed by atoms with Gasteiger partial charge in [0.1, 0.15) is 5.41 Å². The number of anilines is 1. The number of ether oxygens (including phenoxy) is 2. The highest BCUT2D eigenvalue weighted by Crippen LogP contribution is 2.32. The van der Waals surface area contributed by atoms with Crippen molar-refractivity contribution in [2.24, 2.45) is 5.41 Å². The lowest BCUT2D eigenvalue weighted by molar-refractivity contribution is -0.166. The Labute approximate surface area is 110 Å². The Balaban J connectivity index is 2.22. The molecule has 0 aromatic heterocycles. The Hall–Kier alpha value is -1.66. The molecule has 0 aliphatic carbocycles. The molecule has 0 radical (unpaired) electrons. The van der Waals surface area contributed by atoms with Gasteiger partial charge in [0.2, 0.25) is 5.91 Å². The van der Waals surface area contributed by atoms with Gasteiger partial charge in [-0.25, -0.2) is 4.39 Å². The van der Waals surface area contributed by atoms with Crippen LogP contribution in [0.15, 0.2) is 18.2 Å². The summed E-state index contributed by atoms with van der Waals surface area (Å²) in [7, 11) is 2.92. The van der Waals surface area contributed by atoms with Gasteiger partial charge in [-0.1, -0.05) is 0 Å². The fraction of sp³-hybridized carbons (Fsp3) is 0.462. The minimum absolute atomic E-state index is 0.119. The van der Waals surface area contributed by atoms with Gasteiger partial charge in [0.15, 0.2) is 11.6 Å². The number of rotatable bonds is 4. The highest BCUT2D eigenvalue weighted by molar-refractivity contribution is 5.98. The summed E-state index contributed by atoms with van der Waals surface area (Å²) in [4.78, 5) is 13.6. The van der Waals surface area contributed by atoms with E-state index in [4.69, 9.17) is 9.47 Å². The smallest absolute Gasteiger partial charge is 0.239 e. The molecule has 6 heteroatoms. The minimum atomic E-state index is -0.898. The quantitative estimate of drug-likeness (QED) is 0.878. The van der Waals surface area contributed by atoms with E-state index in [2.05, 4.69) is 0 Å². The van der Waals surface area contributed by atoms with Gasteiger partial charge in [0, 0.05) is 18.8 Å². The van der Waals surface area contributed by atoms with Crippen molar-refractivity contribution in [3.8, 4) is 5.75 Å². The molecule has 1 aromatic carbocycles. The molecule has 0 bridgehead atoms. The Morgan fingerprint density at radius 2 is 2.26 bits per heavy atom. The van der Waals surface area contributed by atoms with E-state index >= 15 is 0 Å². The number of hydrogen-bond acceptors (Lipinski definition) is 4. The Kier molecular flexibility index (Phi) is 3.73. The SMILES string of the molecule is COc1ccc(N(C)C(=O)C2(CO)COC2)cc1F. The number of halogens is 1. The monoisotopic (exact) mass is 269 g/mol. The van der Waals surface area contributed by atoms with Crippen LogP contribution in [0, 0.1) is 11.2 Å². The lowest BCUT2D eigenvalue weighted by atomic mass is 9.85. The van der Waals surface area contributed by atoms with E-state index in [1.54, 1.807) is 13.1 Å². The molecule has 0 atom stereocenters. The maximum absolute atomic E-state index is 13.6. The molecule has 1 aliphatic heterocycles. The molecule has 0 unspecified atom stereocenters. The number of carbonyl (C=O) groups excluding carboxylic acids is 1. The van der Waals surface area contributed by atoms with E-state index in [1.807, 2.05) is 0 Å². The molecule has 1 heterocycles. The van der Waals surface area contributed by atoms with Crippen molar-refractivity contribution in [2.45, 2.75) is 0 Å². The van der Waals surface area contributed by atoms with Crippen LogP contribution in [0.3, 0.4) is 0 Å². The number of aliphatic hydroxyl groups excluding tert-OH is 1. The second-order valence-corrected chi connectivity index (χ2v) is 4.61. The zero-order valence-corrected chi connectivity index (χ0v) is 10.9. The van der Waals surface area contributed by atoms with Crippen molar-refractivity contribution >= 4 is 11.6 Å². The first-order valence-electron chi connectivity index (χ1n) is 5.84. The summed E-state index contributed by atoms with van der Waals surface area (Å²) in [5.41, 5.74) is -0.492. The zero-order valence-electron chi connectivity index (χ0n) is 10.9. The number of benzene rings is 1. The Bertz CT molecular complexity index is 482. The van der Waals surface area contributed by atoms with Crippen LogP contribution in [0.1, 0.15) is 0 Å². The third-order valence-corrected chi connectivity index (χ3v) is 3.34. The first kappa shape index (κ1) is 13.8. The first-order valence-corrected chi connectivity index (χ1v) is 5.84. The second-order valence-electron chi connectivity index (χ2n) is 4.61. The largest absolute Gasteiger partial charge is 0.494 e. The normalized spacial score (nSPS) is 16.6. The van der Waals surface area contributed by atoms with Gasteiger partial charge in [-0.05, 0) is 12.1 Å². The Morgan fingerprint density at radius 1 is 1.58 bits per heavy atom. The predicted molar refractivity (Wildman–Crippen MR) is 66.7 cm³/mol. The molecule has 0 saturated carbocycles. The molecule has 1 N–H and O–H groups in total. The van der Waals surface area contributed by atoms with Crippen LogP contribution in [-0.2, 0) is 9.53 Å². The van der Waals surface area contributed by atoms with Gasteiger partial charge in [0.05, 0.1) is 26.9 Å². The summed E-state index contributed by atoms with van der Waals surface area (Å²) in [6.45, 7) is 0.0887. The summed E-state index contributed by atoms with van der Waals surface area (Å²) in [6, 6.07) is 4.27. The third-order valence-electron chi connectivity index (χ3n) is 3.34. The van der Waals surface area contributed by atoms with Gasteiger partial charge in [-0.2, -0.15) is 0 Å². The molecule has 2 rings (SSSR count). The average molecular weight is 269 g/mol. The van der Waals surface area contributed by atoms with Crippen molar-refractivity contribution in [3.05, 3.63) is 24.0 Å². The van der Waals surface area contributed by atoms with Crippen LogP contribution < -0.4 is 9.64 Å². The van der Waals surface area contributed by atoms with Gasteiger partial charge >= 0.3 is 0 Å². The van der Waals surface area contributed by atoms with Gasteiger partial charge in [-0.15, -0.1) is 0 Å². The van der Waals surface area contributed by atoms with E-state index in [-0.39, 0.29) is 31.5 Å². The van der Waals surface area contributed by atoms with Crippen LogP contribution in [0.5, 0.6) is 5.75 Å². The van der Waals surface area contributed by atoms with E-state index in [9.17, 15) is 14.3 Å². The number of carbonyl (C=O) groups is 1. The maximum Gasteiger partial charge on any atom is 0.239 e. The standard InChI is InChI=1S/C13H16FNO4/c1-15(12(17)13(6-16)7-19-8-13)9-3-4-11(18-2)10(14)5-9/h3-5,16H,6-8H2,1-2H3. The summed E-state index contributed by atoms with van der Waals surface area (Å²) < 4.78 is 23.4. The second kappa shape index (κ2) is 5.14. The first-order chi connectivity index (χ1) is 9.04. The summed E-state index contributed by atoms with van der Waals surface area (Å²) in [5, 5.41) is 9.32. The maximum atomic E-state index is 13.6. The van der Waals surface area contributed by atoms with Gasteiger partial charge in [-0.3, -0.25) is 4.79 Å². The molecular formula is C13H16FNO4. The van der Waals surface area contributed by atoms with Crippen molar-refractivity contribution in [3.63, 3.8) is 0 Å². The van der Waals surface area contributed by atoms with Crippen molar-refractivity contribution < 1.29 is 23.8 Å². The highest BCUT2D eigenvalue weighted by atomic mass is 19.1. The summed E-state index contributed by atoms with van der Waals surface area (Å²) in [6.07, 6.45) is 0. The van der Waals surface area contributed by atoms with E-state index < -0.39 is 11.2 Å². The molecule has 19 heavy (non-hydrogen) atoms. The lowest BCUT2D eigenvalue weighted by Gasteiger charge is -2.40. The topological polar surface area (TPSA) is 59.0 Å². The van der Waals surface area contributed by atoms with Crippen LogP contribution in [-0.4, -0.2) is 45.0 Å². The fourth-order valence-corrected chi connectivity index (χ4v) is 1.97. The van der Waals surface area contributed by atoms with E-state index in [0.717, 1.165) is 0 Å². The number of amides is 1. The number of nitrogens with zero attached hydrogens (tertiary/aromatic N) is 1. The lowest BCUT2D eigenvalue weighted by Crippen LogP contribution is -2.56. The zero-order chi connectivity index (χ0) is 14.0. The number of aliphatic hydroxyl groups is 1. The molecule has 1 saturated heterocycles. The van der Waals surface area contributed by atoms with Gasteiger partial charge < -0.3 is 19.5 Å². The minimum Gasteiger partial charge on any atom is -0.494 e. The molecule has 1 amide bonds. The average Bonchev–Trinajstić information content (AvgIpc) is 2.37. The fourth-order valence-electron chi connectivity index (χ4n) is 1.97. The molecule has 1 fully saturated rings. The van der Waals surface area contributed by atoms with Crippen molar-refractivity contribution in [1.82, 2.24) is 0 Å². The molecule has 1 aromatic rings. The predicted octanol–water partition coefficient (Wildman–Crippen LogP) is 0.806. The summed E-state index contributed by atoms with van der Waals surface area (Å²) in [5.74, 6) is -0.707. The van der Waals surface area contributed by atoms with Crippen LogP contribution in [0.2, 0.25) is 0 Å². The molecule has 104 valence electrons. The third kappa shape index (κ3) is 2.29. The van der Waals surface area contributed by atoms with Crippen LogP contribution >= 0.6 is 0 Å². The van der Waals surface area contributed by atoms with Crippen LogP contribution in [0.4, 0.5) is 10.1 Å². The highest BCUT2D eigenvalue weighted by Gasteiger charge is 2.47. The number of methoxy groups -OCH3 is 1.